The first-order chi connectivity index (χ1) is 8.65. The van der Waals surface area contributed by atoms with Crippen molar-refractivity contribution in [2.24, 2.45) is 0 Å². The number of nitrogen functional groups attached to an aromatic ring is 1. The van der Waals surface area contributed by atoms with Gasteiger partial charge in [0.05, 0.1) is 25.6 Å². The normalized spacial score (nSPS) is 19.7. The molecule has 0 spiro atoms. The molecule has 0 aliphatic carbocycles. The molecule has 1 saturated heterocycles. The van der Waals surface area contributed by atoms with Gasteiger partial charge in [-0.15, -0.1) is 0 Å². The number of rotatable bonds is 3. The van der Waals surface area contributed by atoms with Crippen LogP contribution in [0.1, 0.15) is 6.92 Å². The Bertz CT molecular complexity index is 426. The summed E-state index contributed by atoms with van der Waals surface area (Å²) in [7, 11) is 3.27. The molecule has 1 aromatic rings. The van der Waals surface area contributed by atoms with Gasteiger partial charge in [0.1, 0.15) is 0 Å². The first kappa shape index (κ1) is 13.2. The predicted octanol–water partition coefficient (Wildman–Crippen LogP) is 2.23. The van der Waals surface area contributed by atoms with Gasteiger partial charge in [-0.25, -0.2) is 0 Å². The standard InChI is InChI=1S/C13H20N2O2S/c1-9-8-15(4-5-18-9)11-7-13(17-3)12(16-2)6-10(11)14/h6-7,9H,4-5,8,14H2,1-3H3. The van der Waals surface area contributed by atoms with Crippen LogP contribution in [0.2, 0.25) is 0 Å². The van der Waals surface area contributed by atoms with Crippen LogP contribution in [0, 0.1) is 0 Å². The molecule has 5 heteroatoms. The maximum absolute atomic E-state index is 6.11. The van der Waals surface area contributed by atoms with Gasteiger partial charge in [-0.2, -0.15) is 11.8 Å². The number of thioether (sulfide) groups is 1. The molecular formula is C13H20N2O2S. The van der Waals surface area contributed by atoms with E-state index < -0.39 is 0 Å². The summed E-state index contributed by atoms with van der Waals surface area (Å²) in [6.07, 6.45) is 0. The zero-order valence-corrected chi connectivity index (χ0v) is 11.9. The minimum Gasteiger partial charge on any atom is -0.493 e. The van der Waals surface area contributed by atoms with Crippen molar-refractivity contribution in [3.05, 3.63) is 12.1 Å². The topological polar surface area (TPSA) is 47.7 Å². The van der Waals surface area contributed by atoms with Crippen molar-refractivity contribution in [2.45, 2.75) is 12.2 Å². The number of ether oxygens (including phenoxy) is 2. The summed E-state index contributed by atoms with van der Waals surface area (Å²) < 4.78 is 10.6. The molecule has 1 atom stereocenters. The molecule has 1 heterocycles. The van der Waals surface area contributed by atoms with Gasteiger partial charge >= 0.3 is 0 Å². The highest BCUT2D eigenvalue weighted by Crippen LogP contribution is 2.38. The van der Waals surface area contributed by atoms with E-state index in [0.717, 1.165) is 36.0 Å². The van der Waals surface area contributed by atoms with Crippen LogP contribution in [0.25, 0.3) is 0 Å². The largest absolute Gasteiger partial charge is 0.493 e. The summed E-state index contributed by atoms with van der Waals surface area (Å²) in [5.41, 5.74) is 7.90. The second kappa shape index (κ2) is 5.61. The van der Waals surface area contributed by atoms with Crippen molar-refractivity contribution in [1.82, 2.24) is 0 Å². The Morgan fingerprint density at radius 3 is 2.56 bits per heavy atom. The van der Waals surface area contributed by atoms with Crippen LogP contribution in [0.5, 0.6) is 11.5 Å². The molecule has 100 valence electrons. The van der Waals surface area contributed by atoms with Crippen molar-refractivity contribution < 1.29 is 9.47 Å². The molecule has 18 heavy (non-hydrogen) atoms. The highest BCUT2D eigenvalue weighted by molar-refractivity contribution is 8.00. The Hall–Kier alpha value is -1.23. The number of anilines is 2. The maximum atomic E-state index is 6.11. The number of hydrogen-bond donors (Lipinski definition) is 1. The highest BCUT2D eigenvalue weighted by Gasteiger charge is 2.20. The van der Waals surface area contributed by atoms with Crippen molar-refractivity contribution in [1.29, 1.82) is 0 Å². The van der Waals surface area contributed by atoms with Crippen LogP contribution in [0.15, 0.2) is 12.1 Å². The van der Waals surface area contributed by atoms with Crippen LogP contribution < -0.4 is 20.1 Å². The lowest BCUT2D eigenvalue weighted by molar-refractivity contribution is 0.355. The van der Waals surface area contributed by atoms with Gasteiger partial charge in [-0.3, -0.25) is 0 Å². The number of nitrogens with zero attached hydrogens (tertiary/aromatic N) is 1. The number of hydrogen-bond acceptors (Lipinski definition) is 5. The summed E-state index contributed by atoms with van der Waals surface area (Å²) in [5.74, 6) is 2.54. The summed E-state index contributed by atoms with van der Waals surface area (Å²) >= 11 is 2.00. The van der Waals surface area contributed by atoms with Gasteiger partial charge in [-0.1, -0.05) is 6.92 Å². The summed E-state index contributed by atoms with van der Waals surface area (Å²) in [6, 6.07) is 3.80. The summed E-state index contributed by atoms with van der Waals surface area (Å²) in [6.45, 7) is 4.28. The molecule has 0 amide bonds. The van der Waals surface area contributed by atoms with E-state index >= 15 is 0 Å². The van der Waals surface area contributed by atoms with Crippen LogP contribution >= 0.6 is 11.8 Å². The maximum Gasteiger partial charge on any atom is 0.162 e. The molecule has 1 aliphatic heterocycles. The Balaban J connectivity index is 2.32. The van der Waals surface area contributed by atoms with Crippen LogP contribution in [-0.2, 0) is 0 Å². The minimum atomic E-state index is 0.631. The van der Waals surface area contributed by atoms with Gasteiger partial charge < -0.3 is 20.1 Å². The number of nitrogens with two attached hydrogens (primary N) is 1. The first-order valence-electron chi connectivity index (χ1n) is 6.03. The fraction of sp³-hybridized carbons (Fsp3) is 0.538. The number of benzene rings is 1. The van der Waals surface area contributed by atoms with E-state index in [0.29, 0.717) is 11.0 Å². The van der Waals surface area contributed by atoms with Crippen LogP contribution in [0.4, 0.5) is 11.4 Å². The average molecular weight is 268 g/mol. The third-order valence-corrected chi connectivity index (χ3v) is 4.25. The second-order valence-corrected chi connectivity index (χ2v) is 5.94. The van der Waals surface area contributed by atoms with Crippen molar-refractivity contribution in [3.63, 3.8) is 0 Å². The van der Waals surface area contributed by atoms with E-state index in [4.69, 9.17) is 15.2 Å². The SMILES string of the molecule is COc1cc(N)c(N2CCSC(C)C2)cc1OC. The van der Waals surface area contributed by atoms with Crippen LogP contribution in [-0.4, -0.2) is 38.3 Å². The lowest BCUT2D eigenvalue weighted by atomic mass is 10.2. The molecule has 0 radical (unpaired) electrons. The molecule has 0 saturated carbocycles. The summed E-state index contributed by atoms with van der Waals surface area (Å²) in [4.78, 5) is 2.32. The lowest BCUT2D eigenvalue weighted by Crippen LogP contribution is -2.37. The Kier molecular flexibility index (Phi) is 4.11. The number of methoxy groups -OCH3 is 2. The van der Waals surface area contributed by atoms with Gasteiger partial charge in [0.25, 0.3) is 0 Å². The predicted molar refractivity (Wildman–Crippen MR) is 78.1 cm³/mol. The molecule has 2 rings (SSSR count). The molecule has 4 nitrogen and oxygen atoms in total. The van der Waals surface area contributed by atoms with E-state index in [2.05, 4.69) is 11.8 Å². The lowest BCUT2D eigenvalue weighted by Gasteiger charge is -2.33. The molecule has 1 aliphatic rings. The Morgan fingerprint density at radius 2 is 1.94 bits per heavy atom. The van der Waals surface area contributed by atoms with Gasteiger partial charge in [0.2, 0.25) is 0 Å². The van der Waals surface area contributed by atoms with Gasteiger partial charge in [0, 0.05) is 36.2 Å². The smallest absolute Gasteiger partial charge is 0.162 e. The van der Waals surface area contributed by atoms with Crippen molar-refractivity contribution >= 4 is 23.1 Å². The van der Waals surface area contributed by atoms with Gasteiger partial charge in [0.15, 0.2) is 11.5 Å². The van der Waals surface area contributed by atoms with E-state index in [9.17, 15) is 0 Å². The Morgan fingerprint density at radius 1 is 1.28 bits per heavy atom. The molecule has 0 aromatic heterocycles. The van der Waals surface area contributed by atoms with E-state index in [1.807, 2.05) is 23.9 Å². The zero-order valence-electron chi connectivity index (χ0n) is 11.1. The molecule has 1 unspecified atom stereocenters. The third-order valence-electron chi connectivity index (χ3n) is 3.11. The molecule has 1 aromatic carbocycles. The summed E-state index contributed by atoms with van der Waals surface area (Å²) in [5, 5.41) is 0.631. The fourth-order valence-corrected chi connectivity index (χ4v) is 3.21. The molecule has 1 fully saturated rings. The second-order valence-electron chi connectivity index (χ2n) is 4.39. The molecule has 2 N–H and O–H groups in total. The average Bonchev–Trinajstić information content (AvgIpc) is 2.38. The van der Waals surface area contributed by atoms with E-state index in [1.165, 1.54) is 0 Å². The minimum absolute atomic E-state index is 0.631. The molecule has 0 bridgehead atoms. The first-order valence-corrected chi connectivity index (χ1v) is 7.08. The third kappa shape index (κ3) is 2.61. The highest BCUT2D eigenvalue weighted by atomic mass is 32.2. The van der Waals surface area contributed by atoms with Crippen molar-refractivity contribution in [3.8, 4) is 11.5 Å². The quantitative estimate of drug-likeness (QED) is 0.852. The van der Waals surface area contributed by atoms with E-state index in [1.54, 1.807) is 14.2 Å². The van der Waals surface area contributed by atoms with E-state index in [-0.39, 0.29) is 0 Å². The molecular weight excluding hydrogens is 248 g/mol. The van der Waals surface area contributed by atoms with Gasteiger partial charge in [-0.05, 0) is 0 Å². The zero-order chi connectivity index (χ0) is 13.1. The Labute approximate surface area is 112 Å². The fourth-order valence-electron chi connectivity index (χ4n) is 2.20. The monoisotopic (exact) mass is 268 g/mol. The van der Waals surface area contributed by atoms with Crippen LogP contribution in [0.3, 0.4) is 0 Å². The van der Waals surface area contributed by atoms with Crippen molar-refractivity contribution in [2.75, 3.05) is 43.7 Å².